The summed E-state index contributed by atoms with van der Waals surface area (Å²) < 4.78 is 10.1. The van der Waals surface area contributed by atoms with Gasteiger partial charge in [-0.25, -0.2) is 9.97 Å². The van der Waals surface area contributed by atoms with Crippen molar-refractivity contribution in [3.8, 4) is 0 Å². The summed E-state index contributed by atoms with van der Waals surface area (Å²) in [5, 5.41) is 8.83. The highest BCUT2D eigenvalue weighted by molar-refractivity contribution is 9.15. The number of rotatable bonds is 4. The van der Waals surface area contributed by atoms with Gasteiger partial charge in [0, 0.05) is 17.9 Å². The fourth-order valence-corrected chi connectivity index (χ4v) is 7.79. The SMILES string of the molecule is CC(=O)Cn1cnc2c(Br)c(Br)c(Br)c(Br)c21.O=C(O)Cn1cnc2c(Br)c(Br)c(Br)c(Br)c21. The molecule has 4 aromatic rings. The maximum atomic E-state index is 11.2. The lowest BCUT2D eigenvalue weighted by atomic mass is 10.3. The molecule has 180 valence electrons. The van der Waals surface area contributed by atoms with Gasteiger partial charge in [-0.3, -0.25) is 9.59 Å². The lowest BCUT2D eigenvalue weighted by Gasteiger charge is -2.08. The van der Waals surface area contributed by atoms with E-state index >= 15 is 0 Å². The number of nitrogens with zero attached hydrogens (tertiary/aromatic N) is 4. The van der Waals surface area contributed by atoms with Gasteiger partial charge in [0.15, 0.2) is 0 Å². The van der Waals surface area contributed by atoms with E-state index in [0.29, 0.717) is 12.1 Å². The molecule has 7 nitrogen and oxygen atoms in total. The monoisotopic (exact) mass is 973 g/mol. The Morgan fingerprint density at radius 3 is 1.38 bits per heavy atom. The van der Waals surface area contributed by atoms with Gasteiger partial charge < -0.3 is 14.2 Å². The van der Waals surface area contributed by atoms with Crippen LogP contribution in [0.4, 0.5) is 0 Å². The highest BCUT2D eigenvalue weighted by atomic mass is 79.9. The Morgan fingerprint density at radius 1 is 0.676 bits per heavy atom. The van der Waals surface area contributed by atoms with Gasteiger partial charge in [0.1, 0.15) is 23.4 Å². The molecule has 2 aromatic heterocycles. The second kappa shape index (κ2) is 11.8. The number of ketones is 1. The minimum Gasteiger partial charge on any atom is -0.480 e. The van der Waals surface area contributed by atoms with Crippen molar-refractivity contribution in [2.75, 3.05) is 0 Å². The van der Waals surface area contributed by atoms with E-state index in [4.69, 9.17) is 5.11 Å². The number of carbonyl (C=O) groups is 2. The van der Waals surface area contributed by atoms with Crippen molar-refractivity contribution < 1.29 is 14.7 Å². The maximum absolute atomic E-state index is 11.2. The molecule has 0 spiro atoms. The normalized spacial score (nSPS) is 11.1. The highest BCUT2D eigenvalue weighted by Gasteiger charge is 2.19. The molecule has 0 amide bonds. The number of imidazole rings is 2. The lowest BCUT2D eigenvalue weighted by Crippen LogP contribution is -2.07. The molecule has 0 aliphatic heterocycles. The van der Waals surface area contributed by atoms with E-state index < -0.39 is 5.97 Å². The number of carbonyl (C=O) groups excluding carboxylic acids is 1. The van der Waals surface area contributed by atoms with E-state index in [-0.39, 0.29) is 12.3 Å². The van der Waals surface area contributed by atoms with Crippen LogP contribution in [0.5, 0.6) is 0 Å². The van der Waals surface area contributed by atoms with Gasteiger partial charge in [0.2, 0.25) is 0 Å². The second-order valence-electron chi connectivity index (χ2n) is 6.75. The molecule has 0 aliphatic rings. The van der Waals surface area contributed by atoms with Crippen molar-refractivity contribution in [2.24, 2.45) is 0 Å². The van der Waals surface area contributed by atoms with Gasteiger partial charge in [0.05, 0.1) is 48.1 Å². The first-order valence-corrected chi connectivity index (χ1v) is 15.3. The third-order valence-corrected chi connectivity index (χ3v) is 13.8. The fourth-order valence-electron chi connectivity index (χ4n) is 2.97. The van der Waals surface area contributed by atoms with E-state index in [9.17, 15) is 9.59 Å². The zero-order valence-corrected chi connectivity index (χ0v) is 29.3. The number of hydrogen-bond acceptors (Lipinski definition) is 4. The van der Waals surface area contributed by atoms with Crippen molar-refractivity contribution in [1.82, 2.24) is 19.1 Å². The van der Waals surface area contributed by atoms with Crippen LogP contribution in [0, 0.1) is 0 Å². The lowest BCUT2D eigenvalue weighted by molar-refractivity contribution is -0.137. The molecular weight excluding hydrogens is 971 g/mol. The van der Waals surface area contributed by atoms with E-state index in [0.717, 1.165) is 52.3 Å². The summed E-state index contributed by atoms with van der Waals surface area (Å²) in [4.78, 5) is 30.5. The number of carboxylic acids is 1. The number of Topliss-reactive ketones (excluding diaryl/α,β-unsaturated/α-hetero) is 1. The van der Waals surface area contributed by atoms with Crippen LogP contribution in [0.15, 0.2) is 48.4 Å². The molecule has 0 saturated heterocycles. The Morgan fingerprint density at radius 2 is 1.03 bits per heavy atom. The predicted octanol–water partition coefficient (Wildman–Crippen LogP) is 8.85. The Hall–Kier alpha value is 0.360. The summed E-state index contributed by atoms with van der Waals surface area (Å²) >= 11 is 27.7. The Kier molecular flexibility index (Phi) is 10.1. The van der Waals surface area contributed by atoms with E-state index in [1.165, 1.54) is 6.33 Å². The highest BCUT2D eigenvalue weighted by Crippen LogP contribution is 2.44. The number of aromatic nitrogens is 4. The summed E-state index contributed by atoms with van der Waals surface area (Å²) in [7, 11) is 0. The Bertz CT molecular complexity index is 1350. The summed E-state index contributed by atoms with van der Waals surface area (Å²) in [6.07, 6.45) is 3.17. The minimum atomic E-state index is -0.911. The topological polar surface area (TPSA) is 90.0 Å². The smallest absolute Gasteiger partial charge is 0.323 e. The van der Waals surface area contributed by atoms with E-state index in [1.54, 1.807) is 17.8 Å². The number of hydrogen-bond donors (Lipinski definition) is 1. The van der Waals surface area contributed by atoms with Crippen LogP contribution in [-0.4, -0.2) is 36.0 Å². The predicted molar refractivity (Wildman–Crippen MR) is 159 cm³/mol. The molecule has 0 fully saturated rings. The van der Waals surface area contributed by atoms with E-state index in [1.807, 2.05) is 4.57 Å². The van der Waals surface area contributed by atoms with Crippen LogP contribution in [0.25, 0.3) is 22.1 Å². The first-order valence-electron chi connectivity index (χ1n) is 8.91. The van der Waals surface area contributed by atoms with Crippen LogP contribution in [0.2, 0.25) is 0 Å². The summed E-state index contributed by atoms with van der Waals surface area (Å²) in [6.45, 7) is 1.74. The Balaban J connectivity index is 0.000000191. The second-order valence-corrected chi connectivity index (χ2v) is 13.1. The van der Waals surface area contributed by atoms with Gasteiger partial charge in [0.25, 0.3) is 0 Å². The number of fused-ring (bicyclic) bond motifs is 2. The average Bonchev–Trinajstić information content (AvgIpc) is 3.37. The molecule has 0 radical (unpaired) electrons. The van der Waals surface area contributed by atoms with Crippen molar-refractivity contribution in [1.29, 1.82) is 0 Å². The molecule has 2 aromatic carbocycles. The average molecular weight is 982 g/mol. The molecule has 0 aliphatic carbocycles. The van der Waals surface area contributed by atoms with Crippen LogP contribution < -0.4 is 0 Å². The minimum absolute atomic E-state index is 0.0892. The zero-order chi connectivity index (χ0) is 25.5. The fraction of sp³-hybridized carbons (Fsp3) is 0.158. The molecule has 34 heavy (non-hydrogen) atoms. The van der Waals surface area contributed by atoms with Crippen molar-refractivity contribution in [3.05, 3.63) is 48.4 Å². The first kappa shape index (κ1) is 28.9. The zero-order valence-electron chi connectivity index (χ0n) is 16.6. The maximum Gasteiger partial charge on any atom is 0.323 e. The van der Waals surface area contributed by atoms with Crippen molar-refractivity contribution in [3.63, 3.8) is 0 Å². The number of benzene rings is 2. The third kappa shape index (κ3) is 5.76. The molecule has 2 heterocycles. The molecule has 0 bridgehead atoms. The van der Waals surface area contributed by atoms with Crippen molar-refractivity contribution in [2.45, 2.75) is 20.0 Å². The molecule has 0 saturated carbocycles. The first-order chi connectivity index (χ1) is 15.9. The molecule has 15 heteroatoms. The van der Waals surface area contributed by atoms with Crippen molar-refractivity contribution >= 4 is 161 Å². The van der Waals surface area contributed by atoms with Crippen LogP contribution in [0.1, 0.15) is 6.92 Å². The van der Waals surface area contributed by atoms with Gasteiger partial charge in [-0.15, -0.1) is 0 Å². The largest absolute Gasteiger partial charge is 0.480 e. The number of halogens is 8. The van der Waals surface area contributed by atoms with Gasteiger partial charge >= 0.3 is 5.97 Å². The summed E-state index contributed by atoms with van der Waals surface area (Å²) in [5.41, 5.74) is 3.14. The van der Waals surface area contributed by atoms with Crippen LogP contribution >= 0.6 is 127 Å². The van der Waals surface area contributed by atoms with Gasteiger partial charge in [-0.2, -0.15) is 0 Å². The Labute approximate surface area is 260 Å². The number of carboxylic acid groups (broad SMARTS) is 1. The number of aliphatic carboxylic acids is 1. The third-order valence-electron chi connectivity index (χ3n) is 4.36. The van der Waals surface area contributed by atoms with Crippen LogP contribution in [-0.2, 0) is 22.7 Å². The quantitative estimate of drug-likeness (QED) is 0.163. The molecular formula is C19H10Br8N4O3. The van der Waals surface area contributed by atoms with E-state index in [2.05, 4.69) is 137 Å². The summed E-state index contributed by atoms with van der Waals surface area (Å²) in [5.74, 6) is -0.822. The van der Waals surface area contributed by atoms with Gasteiger partial charge in [-0.05, 0) is 134 Å². The molecule has 0 atom stereocenters. The van der Waals surface area contributed by atoms with Crippen LogP contribution in [0.3, 0.4) is 0 Å². The standard InChI is InChI=1S/C10H6Br4N2O.C9H4Br4N2O2/c1-4(17)2-16-3-15-9-7(13)5(11)6(12)8(14)10(9)16;10-4-5(11)7(13)9-8(6(4)12)14-2-15(9)1-3(16)17/h3H,2H2,1H3;2H,1H2,(H,16,17). The molecule has 1 N–H and O–H groups in total. The molecule has 0 unspecified atom stereocenters. The van der Waals surface area contributed by atoms with Gasteiger partial charge in [-0.1, -0.05) is 0 Å². The summed E-state index contributed by atoms with van der Waals surface area (Å²) in [6, 6.07) is 0. The molecule has 4 rings (SSSR count).